The molecule has 2 aromatic rings. The molecule has 2 unspecified atom stereocenters. The second-order valence-electron chi connectivity index (χ2n) is 8.28. The van der Waals surface area contributed by atoms with Gasteiger partial charge in [-0.2, -0.15) is 0 Å². The van der Waals surface area contributed by atoms with E-state index in [4.69, 9.17) is 30.5 Å². The Morgan fingerprint density at radius 1 is 1.11 bits per heavy atom. The first-order valence-corrected chi connectivity index (χ1v) is 11.8. The van der Waals surface area contributed by atoms with E-state index in [2.05, 4.69) is 0 Å². The fourth-order valence-corrected chi connectivity index (χ4v) is 4.71. The number of hydrogen-bond acceptors (Lipinski definition) is 7. The normalized spacial score (nSPS) is 21.4. The van der Waals surface area contributed by atoms with Crippen LogP contribution in [0.3, 0.4) is 0 Å². The number of ether oxygens (including phenoxy) is 4. The van der Waals surface area contributed by atoms with Crippen molar-refractivity contribution in [3.05, 3.63) is 58.1 Å². The Kier molecular flexibility index (Phi) is 7.52. The molecule has 35 heavy (non-hydrogen) atoms. The minimum Gasteiger partial charge on any atom is -0.507 e. The highest BCUT2D eigenvalue weighted by molar-refractivity contribution is 6.46. The molecule has 2 heterocycles. The molecule has 2 aliphatic rings. The summed E-state index contributed by atoms with van der Waals surface area (Å²) in [4.78, 5) is 27.9. The molecule has 0 aromatic heterocycles. The molecular weight excluding hydrogens is 474 g/mol. The first kappa shape index (κ1) is 24.9. The van der Waals surface area contributed by atoms with Gasteiger partial charge in [-0.05, 0) is 55.7 Å². The van der Waals surface area contributed by atoms with E-state index < -0.39 is 17.7 Å². The van der Waals surface area contributed by atoms with E-state index >= 15 is 0 Å². The third kappa shape index (κ3) is 4.81. The Labute approximate surface area is 209 Å². The van der Waals surface area contributed by atoms with Gasteiger partial charge in [0.05, 0.1) is 43.6 Å². The number of carbonyl (C=O) groups is 2. The lowest BCUT2D eigenvalue weighted by atomic mass is 9.94. The lowest BCUT2D eigenvalue weighted by Crippen LogP contribution is -2.36. The van der Waals surface area contributed by atoms with Gasteiger partial charge in [0.1, 0.15) is 11.5 Å². The lowest BCUT2D eigenvalue weighted by Gasteiger charge is -2.28. The zero-order chi connectivity index (χ0) is 25.1. The van der Waals surface area contributed by atoms with Gasteiger partial charge in [-0.15, -0.1) is 0 Å². The predicted octanol–water partition coefficient (Wildman–Crippen LogP) is 4.36. The standard InChI is InChI=1S/C26H28ClNO7/c1-4-34-19-10-8-15(12-21(19)33-3)23-22(24(29)16-7-9-18(27)20(13-16)32-2)25(30)26(31)28(23)14-17-6-5-11-35-17/h7-10,12-13,17,23,29H,4-6,11,14H2,1-3H3/b24-22-. The first-order chi connectivity index (χ1) is 16.9. The highest BCUT2D eigenvalue weighted by Gasteiger charge is 2.47. The number of amides is 1. The van der Waals surface area contributed by atoms with Crippen molar-refractivity contribution in [3.8, 4) is 17.2 Å². The van der Waals surface area contributed by atoms with Crippen LogP contribution in [0.5, 0.6) is 17.2 Å². The van der Waals surface area contributed by atoms with E-state index in [1.54, 1.807) is 30.3 Å². The van der Waals surface area contributed by atoms with Gasteiger partial charge in [-0.3, -0.25) is 9.59 Å². The van der Waals surface area contributed by atoms with Crippen molar-refractivity contribution in [2.75, 3.05) is 34.0 Å². The smallest absolute Gasteiger partial charge is 0.295 e. The highest BCUT2D eigenvalue weighted by atomic mass is 35.5. The van der Waals surface area contributed by atoms with E-state index in [0.717, 1.165) is 12.8 Å². The third-order valence-electron chi connectivity index (χ3n) is 6.19. The third-order valence-corrected chi connectivity index (χ3v) is 6.50. The number of carbonyl (C=O) groups excluding carboxylic acids is 2. The Balaban J connectivity index is 1.86. The number of aliphatic hydroxyl groups is 1. The molecule has 2 fully saturated rings. The summed E-state index contributed by atoms with van der Waals surface area (Å²) < 4.78 is 22.1. The molecule has 9 heteroatoms. The molecule has 1 N–H and O–H groups in total. The summed E-state index contributed by atoms with van der Waals surface area (Å²) in [7, 11) is 2.97. The first-order valence-electron chi connectivity index (χ1n) is 11.4. The van der Waals surface area contributed by atoms with Crippen LogP contribution in [0.4, 0.5) is 0 Å². The molecule has 0 spiro atoms. The molecule has 8 nitrogen and oxygen atoms in total. The second kappa shape index (κ2) is 10.6. The number of likely N-dealkylation sites (tertiary alicyclic amines) is 1. The number of methoxy groups -OCH3 is 2. The maximum absolute atomic E-state index is 13.3. The van der Waals surface area contributed by atoms with Crippen LogP contribution in [0.1, 0.15) is 36.9 Å². The van der Waals surface area contributed by atoms with E-state index in [9.17, 15) is 14.7 Å². The van der Waals surface area contributed by atoms with Crippen LogP contribution in [0.2, 0.25) is 5.02 Å². The monoisotopic (exact) mass is 501 g/mol. The summed E-state index contributed by atoms with van der Waals surface area (Å²) >= 11 is 6.14. The van der Waals surface area contributed by atoms with Crippen LogP contribution in [0.15, 0.2) is 42.0 Å². The summed E-state index contributed by atoms with van der Waals surface area (Å²) in [6.45, 7) is 3.15. The fourth-order valence-electron chi connectivity index (χ4n) is 4.51. The fraction of sp³-hybridized carbons (Fsp3) is 0.385. The van der Waals surface area contributed by atoms with E-state index in [1.807, 2.05) is 6.92 Å². The van der Waals surface area contributed by atoms with E-state index in [-0.39, 0.29) is 24.0 Å². The van der Waals surface area contributed by atoms with Crippen LogP contribution in [-0.4, -0.2) is 61.8 Å². The van der Waals surface area contributed by atoms with Gasteiger partial charge in [0.25, 0.3) is 11.7 Å². The van der Waals surface area contributed by atoms with Gasteiger partial charge >= 0.3 is 0 Å². The topological polar surface area (TPSA) is 94.5 Å². The van der Waals surface area contributed by atoms with E-state index in [0.29, 0.717) is 46.6 Å². The largest absolute Gasteiger partial charge is 0.507 e. The van der Waals surface area contributed by atoms with Crippen molar-refractivity contribution in [1.82, 2.24) is 4.90 Å². The molecule has 186 valence electrons. The van der Waals surface area contributed by atoms with Crippen molar-refractivity contribution in [2.45, 2.75) is 31.9 Å². The minimum absolute atomic E-state index is 0.0245. The quantitative estimate of drug-likeness (QED) is 0.326. The number of ketones is 1. The van der Waals surface area contributed by atoms with Crippen molar-refractivity contribution in [1.29, 1.82) is 0 Å². The van der Waals surface area contributed by atoms with Gasteiger partial charge < -0.3 is 29.0 Å². The van der Waals surface area contributed by atoms with Gasteiger partial charge in [0.15, 0.2) is 11.5 Å². The van der Waals surface area contributed by atoms with Gasteiger partial charge in [-0.25, -0.2) is 0 Å². The van der Waals surface area contributed by atoms with Crippen LogP contribution >= 0.6 is 11.6 Å². The Morgan fingerprint density at radius 3 is 2.54 bits per heavy atom. The zero-order valence-electron chi connectivity index (χ0n) is 19.9. The van der Waals surface area contributed by atoms with E-state index in [1.165, 1.54) is 25.2 Å². The van der Waals surface area contributed by atoms with Crippen molar-refractivity contribution in [2.24, 2.45) is 0 Å². The average Bonchev–Trinajstić information content (AvgIpc) is 3.47. The van der Waals surface area contributed by atoms with Crippen LogP contribution < -0.4 is 14.2 Å². The van der Waals surface area contributed by atoms with Gasteiger partial charge in [0, 0.05) is 18.7 Å². The molecule has 0 saturated carbocycles. The highest BCUT2D eigenvalue weighted by Crippen LogP contribution is 2.43. The van der Waals surface area contributed by atoms with Crippen molar-refractivity contribution in [3.63, 3.8) is 0 Å². The Hall–Kier alpha value is -3.23. The summed E-state index contributed by atoms with van der Waals surface area (Å²) in [5, 5.41) is 11.6. The molecule has 2 aromatic carbocycles. The summed E-state index contributed by atoms with van der Waals surface area (Å²) in [5.41, 5.74) is 0.887. The Bertz CT molecular complexity index is 1160. The molecule has 2 atom stereocenters. The molecule has 0 radical (unpaired) electrons. The summed E-state index contributed by atoms with van der Waals surface area (Å²) in [6, 6.07) is 9.04. The number of hydrogen-bond donors (Lipinski definition) is 1. The maximum Gasteiger partial charge on any atom is 0.295 e. The van der Waals surface area contributed by atoms with Crippen LogP contribution in [-0.2, 0) is 14.3 Å². The molecule has 0 bridgehead atoms. The number of rotatable bonds is 8. The number of halogens is 1. The molecule has 4 rings (SSSR count). The lowest BCUT2D eigenvalue weighted by molar-refractivity contribution is -0.140. The number of nitrogens with zero attached hydrogens (tertiary/aromatic N) is 1. The molecule has 2 aliphatic heterocycles. The zero-order valence-corrected chi connectivity index (χ0v) is 20.6. The summed E-state index contributed by atoms with van der Waals surface area (Å²) in [6.07, 6.45) is 1.49. The number of Topliss-reactive ketones (excluding diaryl/α,β-unsaturated/α-hetero) is 1. The number of aliphatic hydroxyl groups excluding tert-OH is 1. The SMILES string of the molecule is CCOc1ccc(C2/C(=C(/O)c3ccc(Cl)c(OC)c3)C(=O)C(=O)N2CC2CCCO2)cc1OC. The van der Waals surface area contributed by atoms with Crippen LogP contribution in [0.25, 0.3) is 5.76 Å². The molecule has 2 saturated heterocycles. The maximum atomic E-state index is 13.3. The molecular formula is C26H28ClNO7. The minimum atomic E-state index is -0.842. The summed E-state index contributed by atoms with van der Waals surface area (Å²) in [5.74, 6) is -0.444. The van der Waals surface area contributed by atoms with Gasteiger partial charge in [-0.1, -0.05) is 17.7 Å². The number of benzene rings is 2. The van der Waals surface area contributed by atoms with Crippen LogP contribution in [0, 0.1) is 0 Å². The second-order valence-corrected chi connectivity index (χ2v) is 8.69. The van der Waals surface area contributed by atoms with Crippen molar-refractivity contribution >= 4 is 29.1 Å². The average molecular weight is 502 g/mol. The Morgan fingerprint density at radius 2 is 1.89 bits per heavy atom. The van der Waals surface area contributed by atoms with Gasteiger partial charge in [0.2, 0.25) is 0 Å². The van der Waals surface area contributed by atoms with Crippen molar-refractivity contribution < 1.29 is 33.6 Å². The molecule has 1 amide bonds. The molecule has 0 aliphatic carbocycles. The predicted molar refractivity (Wildman–Crippen MR) is 130 cm³/mol.